The van der Waals surface area contributed by atoms with Crippen molar-refractivity contribution in [1.29, 1.82) is 0 Å². The summed E-state index contributed by atoms with van der Waals surface area (Å²) in [6.07, 6.45) is -0.104. The molecule has 0 amide bonds. The van der Waals surface area contributed by atoms with Gasteiger partial charge in [-0.2, -0.15) is 0 Å². The summed E-state index contributed by atoms with van der Waals surface area (Å²) in [4.78, 5) is 0. The van der Waals surface area contributed by atoms with Crippen LogP contribution in [0.5, 0.6) is 0 Å². The Morgan fingerprint density at radius 3 is 1.16 bits per heavy atom. The van der Waals surface area contributed by atoms with E-state index in [0.717, 1.165) is 12.3 Å². The van der Waals surface area contributed by atoms with Gasteiger partial charge in [0, 0.05) is 38.7 Å². The van der Waals surface area contributed by atoms with Gasteiger partial charge in [0.2, 0.25) is 0 Å². The van der Waals surface area contributed by atoms with Crippen molar-refractivity contribution in [3.05, 3.63) is 0 Å². The van der Waals surface area contributed by atoms with Crippen molar-refractivity contribution in [2.75, 3.05) is 81.3 Å². The normalized spacial score (nSPS) is 16.5. The number of rotatable bonds is 24. The van der Waals surface area contributed by atoms with E-state index in [1.165, 1.54) is 16.3 Å². The van der Waals surface area contributed by atoms with Gasteiger partial charge in [-0.25, -0.2) is 0 Å². The second-order valence-electron chi connectivity index (χ2n) is 11.7. The number of aliphatic hydroxyl groups excluding tert-OH is 4. The molecule has 13 heteroatoms. The van der Waals surface area contributed by atoms with Crippen LogP contribution < -0.4 is 0 Å². The van der Waals surface area contributed by atoms with Crippen molar-refractivity contribution >= 4 is 10.2 Å². The fourth-order valence-electron chi connectivity index (χ4n) is 2.79. The highest BCUT2D eigenvalue weighted by Crippen LogP contribution is 2.10. The van der Waals surface area contributed by atoms with Gasteiger partial charge in [-0.3, -0.25) is 0 Å². The van der Waals surface area contributed by atoms with E-state index in [1.807, 2.05) is 20.8 Å². The maximum Gasteiger partial charge on any atom is 0.0810 e. The molecule has 4 N–H and O–H groups in total. The quantitative estimate of drug-likeness (QED) is 0.110. The van der Waals surface area contributed by atoms with Crippen LogP contribution in [0.2, 0.25) is 6.04 Å². The first-order valence-electron chi connectivity index (χ1n) is 16.2. The Hall–Kier alpha value is -0.263. The summed E-state index contributed by atoms with van der Waals surface area (Å²) >= 11 is 0. The van der Waals surface area contributed by atoms with Gasteiger partial charge in [0.15, 0.2) is 0 Å². The highest BCUT2D eigenvalue weighted by molar-refractivity contribution is 6.08. The minimum absolute atomic E-state index is 0.0366. The summed E-state index contributed by atoms with van der Waals surface area (Å²) in [5, 5.41) is 36.0. The zero-order valence-corrected chi connectivity index (χ0v) is 33.0. The topological polar surface area (TPSA) is 155 Å². The molecular weight excluding hydrogens is 604 g/mol. The van der Waals surface area contributed by atoms with Crippen LogP contribution in [-0.4, -0.2) is 161 Å². The second-order valence-corrected chi connectivity index (χ2v) is 12.5. The van der Waals surface area contributed by atoms with Gasteiger partial charge in [0.05, 0.1) is 102 Å². The smallest absolute Gasteiger partial charge is 0.0810 e. The van der Waals surface area contributed by atoms with Crippen molar-refractivity contribution < 1.29 is 58.3 Å². The molecule has 0 aromatic heterocycles. The molecule has 278 valence electrons. The minimum atomic E-state index is -0.530. The highest BCUT2D eigenvalue weighted by Gasteiger charge is 2.16. The molecule has 0 radical (unpaired) electrons. The molecule has 0 aromatic carbocycles. The number of aliphatic hydroxyl groups is 4. The van der Waals surface area contributed by atoms with Gasteiger partial charge in [0.25, 0.3) is 0 Å². The average molecular weight is 679 g/mol. The minimum Gasteiger partial charge on any atom is -0.394 e. The Morgan fingerprint density at radius 1 is 0.489 bits per heavy atom. The summed E-state index contributed by atoms with van der Waals surface area (Å²) < 4.78 is 41.4. The first-order valence-corrected chi connectivity index (χ1v) is 17.7. The van der Waals surface area contributed by atoms with Crippen molar-refractivity contribution in [1.82, 2.24) is 0 Å². The van der Waals surface area contributed by atoms with E-state index in [2.05, 4.69) is 13.8 Å². The molecule has 0 bridgehead atoms. The van der Waals surface area contributed by atoms with E-state index in [-0.39, 0.29) is 55.9 Å². The van der Waals surface area contributed by atoms with E-state index in [1.54, 1.807) is 49.2 Å². The summed E-state index contributed by atoms with van der Waals surface area (Å²) in [6, 6.07) is 1.44. The van der Waals surface area contributed by atoms with Crippen molar-refractivity contribution in [2.24, 2.45) is 5.92 Å². The van der Waals surface area contributed by atoms with Gasteiger partial charge in [-0.05, 0) is 54.4 Å². The third-order valence-electron chi connectivity index (χ3n) is 5.77. The molecule has 8 unspecified atom stereocenters. The second kappa shape index (κ2) is 38.2. The van der Waals surface area contributed by atoms with Gasteiger partial charge in [-0.15, -0.1) is 0 Å². The van der Waals surface area contributed by atoms with E-state index in [0.29, 0.717) is 46.1 Å². The van der Waals surface area contributed by atoms with Gasteiger partial charge in [-0.1, -0.05) is 25.8 Å². The molecule has 0 rings (SSSR count). The Kier molecular flexibility index (Phi) is 43.8. The van der Waals surface area contributed by atoms with Crippen molar-refractivity contribution in [2.45, 2.75) is 123 Å². The molecule has 0 fully saturated rings. The van der Waals surface area contributed by atoms with Gasteiger partial charge < -0.3 is 58.3 Å². The molecule has 0 aliphatic carbocycles. The highest BCUT2D eigenvalue weighted by atomic mass is 28.1. The van der Waals surface area contributed by atoms with Crippen molar-refractivity contribution in [3.8, 4) is 0 Å². The van der Waals surface area contributed by atoms with Crippen LogP contribution in [0.1, 0.15) is 68.2 Å². The third kappa shape index (κ3) is 48.3. The number of hydrogen-bond donors (Lipinski definition) is 4. The van der Waals surface area contributed by atoms with E-state index >= 15 is 0 Å². The summed E-state index contributed by atoms with van der Waals surface area (Å²) in [6.45, 7) is 18.4. The van der Waals surface area contributed by atoms with Crippen molar-refractivity contribution in [3.63, 3.8) is 0 Å². The zero-order chi connectivity index (χ0) is 35.6. The SMILES string of the molecule is CC(C)C[SiH3].COCC(C)OCC(C)O.COCC(C)OCC(C)O.COCC(CCC(CO)OCC(C)O)OCC(C)OC. The maximum absolute atomic E-state index is 9.24. The lowest BCUT2D eigenvalue weighted by Crippen LogP contribution is -2.28. The van der Waals surface area contributed by atoms with Gasteiger partial charge >= 0.3 is 0 Å². The standard InChI is InChI=1S/C14H30O6.2C7H16O3.C4H12Si/c1-11(16)8-19-13(7-15)5-6-14(10-17-3)20-9-12(2)18-4;2*1-6(8)4-10-7(2)5-9-3;1-4(2)3-5/h11-16H,5-10H2,1-4H3;2*6-8H,4-5H2,1-3H3;4H,3H2,1-2,5H3. The maximum atomic E-state index is 9.24. The zero-order valence-electron chi connectivity index (χ0n) is 31.0. The molecule has 0 aliphatic rings. The molecule has 0 spiro atoms. The molecule has 0 aliphatic heterocycles. The van der Waals surface area contributed by atoms with Crippen LogP contribution in [0.15, 0.2) is 0 Å². The molecule has 0 heterocycles. The Labute approximate surface area is 278 Å². The summed E-state index contributed by atoms with van der Waals surface area (Å²) in [5.74, 6) is 0.946. The summed E-state index contributed by atoms with van der Waals surface area (Å²) in [5.41, 5.74) is 0. The predicted octanol–water partition coefficient (Wildman–Crippen LogP) is 1.85. The summed E-state index contributed by atoms with van der Waals surface area (Å²) in [7, 11) is 7.90. The van der Waals surface area contributed by atoms with Crippen LogP contribution in [-0.2, 0) is 37.9 Å². The van der Waals surface area contributed by atoms with Crippen LogP contribution >= 0.6 is 0 Å². The third-order valence-corrected chi connectivity index (χ3v) is 7.41. The van der Waals surface area contributed by atoms with Gasteiger partial charge in [0.1, 0.15) is 0 Å². The number of methoxy groups -OCH3 is 4. The van der Waals surface area contributed by atoms with Crippen LogP contribution in [0, 0.1) is 5.92 Å². The van der Waals surface area contributed by atoms with E-state index < -0.39 is 6.10 Å². The van der Waals surface area contributed by atoms with E-state index in [9.17, 15) is 5.11 Å². The molecular formula is C32H74O12Si. The first-order chi connectivity index (χ1) is 21.1. The Morgan fingerprint density at radius 2 is 0.844 bits per heavy atom. The monoisotopic (exact) mass is 678 g/mol. The van der Waals surface area contributed by atoms with E-state index in [4.69, 9.17) is 53.2 Å². The lowest BCUT2D eigenvalue weighted by molar-refractivity contribution is -0.0655. The predicted molar refractivity (Wildman–Crippen MR) is 183 cm³/mol. The molecule has 0 saturated heterocycles. The molecule has 8 atom stereocenters. The fraction of sp³-hybridized carbons (Fsp3) is 1.00. The molecule has 12 nitrogen and oxygen atoms in total. The average Bonchev–Trinajstić information content (AvgIpc) is 2.98. The molecule has 45 heavy (non-hydrogen) atoms. The Balaban J connectivity index is -0.000000282. The molecule has 0 aromatic rings. The van der Waals surface area contributed by atoms with Crippen LogP contribution in [0.25, 0.3) is 0 Å². The van der Waals surface area contributed by atoms with Crippen LogP contribution in [0.4, 0.5) is 0 Å². The lowest BCUT2D eigenvalue weighted by atomic mass is 10.1. The largest absolute Gasteiger partial charge is 0.394 e. The first kappa shape index (κ1) is 51.6. The fourth-order valence-corrected chi connectivity index (χ4v) is 2.79. The number of hydrogen-bond acceptors (Lipinski definition) is 12. The van der Waals surface area contributed by atoms with Crippen LogP contribution in [0.3, 0.4) is 0 Å². The molecule has 0 saturated carbocycles. The lowest BCUT2D eigenvalue weighted by Gasteiger charge is -2.22. The number of ether oxygens (including phenoxy) is 8. The Bertz CT molecular complexity index is 524.